The lowest BCUT2D eigenvalue weighted by Crippen LogP contribution is -1.96. The molecule has 1 heterocycles. The van der Waals surface area contributed by atoms with Crippen LogP contribution in [0.1, 0.15) is 12.6 Å². The van der Waals surface area contributed by atoms with Crippen molar-refractivity contribution in [3.05, 3.63) is 35.1 Å². The van der Waals surface area contributed by atoms with Crippen LogP contribution in [-0.4, -0.2) is 16.2 Å². The van der Waals surface area contributed by atoms with Crippen LogP contribution in [0.2, 0.25) is 5.15 Å². The molecule has 0 bridgehead atoms. The van der Waals surface area contributed by atoms with Crippen LogP contribution in [0.4, 0.5) is 0 Å². The Hall–Kier alpha value is -1.99. The summed E-state index contributed by atoms with van der Waals surface area (Å²) < 4.78 is 7.11. The molecule has 5 heteroatoms. The molecule has 0 aliphatic heterocycles. The van der Waals surface area contributed by atoms with Crippen LogP contribution in [0.3, 0.4) is 0 Å². The molecule has 0 spiro atoms. The number of halogens is 1. The summed E-state index contributed by atoms with van der Waals surface area (Å²) in [5.41, 5.74) is 1.22. The Kier molecular flexibility index (Phi) is 3.54. The summed E-state index contributed by atoms with van der Waals surface area (Å²) in [5.74, 6) is 1.42. The number of hydrogen-bond donors (Lipinski definition) is 0. The molecular weight excluding hydrogens is 250 g/mol. The van der Waals surface area contributed by atoms with E-state index in [1.807, 2.05) is 37.3 Å². The molecule has 0 aliphatic rings. The zero-order valence-electron chi connectivity index (χ0n) is 10.1. The normalized spacial score (nSPS) is 10.1. The summed E-state index contributed by atoms with van der Waals surface area (Å²) >= 11 is 5.92. The third-order valence-corrected chi connectivity index (χ3v) is 2.83. The number of nitriles is 1. The summed E-state index contributed by atoms with van der Waals surface area (Å²) in [6, 6.07) is 9.58. The SMILES string of the molecule is CCOc1cccc(-c2nc(Cl)c(C#N)n2C)c1. The highest BCUT2D eigenvalue weighted by molar-refractivity contribution is 6.30. The quantitative estimate of drug-likeness (QED) is 0.853. The van der Waals surface area contributed by atoms with Crippen LogP contribution < -0.4 is 4.74 Å². The van der Waals surface area contributed by atoms with Crippen LogP contribution in [0.25, 0.3) is 11.4 Å². The van der Waals surface area contributed by atoms with E-state index in [2.05, 4.69) is 4.98 Å². The summed E-state index contributed by atoms with van der Waals surface area (Å²) in [7, 11) is 1.76. The van der Waals surface area contributed by atoms with Crippen LogP contribution >= 0.6 is 11.6 Å². The minimum absolute atomic E-state index is 0.219. The predicted molar refractivity (Wildman–Crippen MR) is 69.5 cm³/mol. The van der Waals surface area contributed by atoms with E-state index in [1.54, 1.807) is 11.6 Å². The number of benzene rings is 1. The van der Waals surface area contributed by atoms with Crippen molar-refractivity contribution in [2.75, 3.05) is 6.61 Å². The molecule has 1 aromatic carbocycles. The van der Waals surface area contributed by atoms with Gasteiger partial charge in [0.05, 0.1) is 6.61 Å². The molecule has 0 atom stereocenters. The molecule has 0 fully saturated rings. The van der Waals surface area contributed by atoms with Crippen molar-refractivity contribution in [2.24, 2.45) is 7.05 Å². The third kappa shape index (κ3) is 2.18. The summed E-state index contributed by atoms with van der Waals surface area (Å²) in [6.45, 7) is 2.53. The molecule has 0 aliphatic carbocycles. The van der Waals surface area contributed by atoms with Crippen molar-refractivity contribution < 1.29 is 4.74 Å². The summed E-state index contributed by atoms with van der Waals surface area (Å²) in [4.78, 5) is 4.20. The van der Waals surface area contributed by atoms with Gasteiger partial charge in [-0.3, -0.25) is 0 Å². The van der Waals surface area contributed by atoms with Crippen LogP contribution in [0, 0.1) is 11.3 Å². The second kappa shape index (κ2) is 5.11. The van der Waals surface area contributed by atoms with Crippen LogP contribution in [0.15, 0.2) is 24.3 Å². The number of ether oxygens (including phenoxy) is 1. The number of imidazole rings is 1. The molecule has 0 saturated carbocycles. The molecule has 2 rings (SSSR count). The minimum atomic E-state index is 0.219. The van der Waals surface area contributed by atoms with Gasteiger partial charge in [0, 0.05) is 12.6 Å². The maximum absolute atomic E-state index is 8.98. The average Bonchev–Trinajstić information content (AvgIpc) is 2.65. The van der Waals surface area contributed by atoms with E-state index in [9.17, 15) is 0 Å². The highest BCUT2D eigenvalue weighted by Gasteiger charge is 2.14. The number of aromatic nitrogens is 2. The Morgan fingerprint density at radius 1 is 1.50 bits per heavy atom. The maximum Gasteiger partial charge on any atom is 0.166 e. The van der Waals surface area contributed by atoms with E-state index in [0.717, 1.165) is 11.3 Å². The first-order valence-electron chi connectivity index (χ1n) is 5.53. The van der Waals surface area contributed by atoms with Gasteiger partial charge in [-0.05, 0) is 19.1 Å². The average molecular weight is 262 g/mol. The van der Waals surface area contributed by atoms with Crippen molar-refractivity contribution in [3.8, 4) is 23.2 Å². The van der Waals surface area contributed by atoms with Gasteiger partial charge in [0.25, 0.3) is 0 Å². The molecule has 4 nitrogen and oxygen atoms in total. The van der Waals surface area contributed by atoms with Gasteiger partial charge in [-0.1, -0.05) is 23.7 Å². The molecule has 1 aromatic heterocycles. The minimum Gasteiger partial charge on any atom is -0.494 e. The first-order valence-corrected chi connectivity index (χ1v) is 5.90. The van der Waals surface area contributed by atoms with Crippen molar-refractivity contribution >= 4 is 11.6 Å². The smallest absolute Gasteiger partial charge is 0.166 e. The van der Waals surface area contributed by atoms with Gasteiger partial charge in [-0.25, -0.2) is 4.98 Å². The van der Waals surface area contributed by atoms with Gasteiger partial charge in [0.15, 0.2) is 10.8 Å². The second-order valence-corrected chi connectivity index (χ2v) is 4.06. The monoisotopic (exact) mass is 261 g/mol. The fourth-order valence-corrected chi connectivity index (χ4v) is 1.99. The lowest BCUT2D eigenvalue weighted by molar-refractivity contribution is 0.340. The molecule has 0 N–H and O–H groups in total. The first kappa shape index (κ1) is 12.5. The molecule has 92 valence electrons. The molecule has 18 heavy (non-hydrogen) atoms. The number of rotatable bonds is 3. The molecule has 0 amide bonds. The van der Waals surface area contributed by atoms with Crippen molar-refractivity contribution in [3.63, 3.8) is 0 Å². The summed E-state index contributed by atoms with van der Waals surface area (Å²) in [5, 5.41) is 9.20. The van der Waals surface area contributed by atoms with E-state index in [1.165, 1.54) is 0 Å². The van der Waals surface area contributed by atoms with Crippen molar-refractivity contribution in [1.29, 1.82) is 5.26 Å². The van der Waals surface area contributed by atoms with Gasteiger partial charge < -0.3 is 9.30 Å². The predicted octanol–water partition coefficient (Wildman–Crippen LogP) is 3.01. The van der Waals surface area contributed by atoms with E-state index in [4.69, 9.17) is 21.6 Å². The van der Waals surface area contributed by atoms with Gasteiger partial charge in [-0.15, -0.1) is 0 Å². The Morgan fingerprint density at radius 3 is 2.89 bits per heavy atom. The fraction of sp³-hybridized carbons (Fsp3) is 0.231. The number of nitrogens with zero attached hydrogens (tertiary/aromatic N) is 3. The zero-order valence-corrected chi connectivity index (χ0v) is 10.9. The Morgan fingerprint density at radius 2 is 2.28 bits per heavy atom. The van der Waals surface area contributed by atoms with E-state index in [0.29, 0.717) is 18.1 Å². The second-order valence-electron chi connectivity index (χ2n) is 3.71. The Bertz CT molecular complexity index is 613. The lowest BCUT2D eigenvalue weighted by Gasteiger charge is -2.06. The van der Waals surface area contributed by atoms with Gasteiger partial charge in [-0.2, -0.15) is 5.26 Å². The highest BCUT2D eigenvalue weighted by atomic mass is 35.5. The highest BCUT2D eigenvalue weighted by Crippen LogP contribution is 2.26. The molecule has 0 saturated heterocycles. The fourth-order valence-electron chi connectivity index (χ4n) is 1.74. The van der Waals surface area contributed by atoms with E-state index in [-0.39, 0.29) is 5.15 Å². The van der Waals surface area contributed by atoms with Gasteiger partial charge in [0.2, 0.25) is 0 Å². The molecule has 0 radical (unpaired) electrons. The maximum atomic E-state index is 8.98. The Labute approximate surface area is 110 Å². The third-order valence-electron chi connectivity index (χ3n) is 2.56. The van der Waals surface area contributed by atoms with E-state index < -0.39 is 0 Å². The van der Waals surface area contributed by atoms with Crippen LogP contribution in [-0.2, 0) is 7.05 Å². The molecular formula is C13H12ClN3O. The van der Waals surface area contributed by atoms with Gasteiger partial charge in [0.1, 0.15) is 17.6 Å². The lowest BCUT2D eigenvalue weighted by atomic mass is 10.2. The standard InChI is InChI=1S/C13H12ClN3O/c1-3-18-10-6-4-5-9(7-10)13-16-12(14)11(8-15)17(13)2/h4-7H,3H2,1-2H3. The topological polar surface area (TPSA) is 50.8 Å². The zero-order chi connectivity index (χ0) is 13.1. The Balaban J connectivity index is 2.49. The first-order chi connectivity index (χ1) is 8.67. The largest absolute Gasteiger partial charge is 0.494 e. The van der Waals surface area contributed by atoms with E-state index >= 15 is 0 Å². The van der Waals surface area contributed by atoms with Crippen molar-refractivity contribution in [2.45, 2.75) is 6.92 Å². The van der Waals surface area contributed by atoms with Gasteiger partial charge >= 0.3 is 0 Å². The summed E-state index contributed by atoms with van der Waals surface area (Å²) in [6.07, 6.45) is 0. The molecule has 0 unspecified atom stereocenters. The molecule has 2 aromatic rings. The van der Waals surface area contributed by atoms with Crippen molar-refractivity contribution in [1.82, 2.24) is 9.55 Å². The number of hydrogen-bond acceptors (Lipinski definition) is 3. The van der Waals surface area contributed by atoms with Crippen LogP contribution in [0.5, 0.6) is 5.75 Å².